The molecule has 6 nitrogen and oxygen atoms in total. The monoisotopic (exact) mass is 327 g/mol. The Morgan fingerprint density at radius 3 is 2.82 bits per heavy atom. The first-order valence-corrected chi connectivity index (χ1v) is 8.82. The van der Waals surface area contributed by atoms with Crippen molar-refractivity contribution in [2.75, 3.05) is 30.3 Å². The normalized spacial score (nSPS) is 21.5. The zero-order chi connectivity index (χ0) is 16.1. The number of aromatic nitrogens is 2. The summed E-state index contributed by atoms with van der Waals surface area (Å²) in [5.74, 6) is 1.45. The van der Waals surface area contributed by atoms with E-state index >= 15 is 0 Å². The molecule has 124 valence electrons. The Hall–Kier alpha value is -1.05. The average Bonchev–Trinajstić information content (AvgIpc) is 2.95. The minimum absolute atomic E-state index is 0.0261. The second kappa shape index (κ2) is 7.99. The van der Waals surface area contributed by atoms with E-state index in [1.165, 1.54) is 0 Å². The van der Waals surface area contributed by atoms with E-state index in [0.29, 0.717) is 6.61 Å². The third-order valence-electron chi connectivity index (χ3n) is 3.51. The van der Waals surface area contributed by atoms with Gasteiger partial charge >= 0.3 is 5.69 Å². The number of hydrogen-bond donors (Lipinski definition) is 0. The molecule has 22 heavy (non-hydrogen) atoms. The number of rotatable bonds is 7. The van der Waals surface area contributed by atoms with Crippen molar-refractivity contribution < 1.29 is 9.47 Å². The molecule has 0 bridgehead atoms. The molecule has 7 heteroatoms. The van der Waals surface area contributed by atoms with Gasteiger partial charge in [-0.15, -0.1) is 11.8 Å². The van der Waals surface area contributed by atoms with Gasteiger partial charge in [0.2, 0.25) is 0 Å². The predicted molar refractivity (Wildman–Crippen MR) is 89.5 cm³/mol. The van der Waals surface area contributed by atoms with Crippen LogP contribution in [0.4, 0.5) is 5.82 Å². The van der Waals surface area contributed by atoms with Crippen molar-refractivity contribution in [1.82, 2.24) is 9.55 Å². The van der Waals surface area contributed by atoms with Gasteiger partial charge in [-0.25, -0.2) is 4.79 Å². The molecule has 0 spiro atoms. The van der Waals surface area contributed by atoms with Crippen LogP contribution in [0, 0.1) is 0 Å². The minimum atomic E-state index is -0.267. The fraction of sp³-hybridized carbons (Fsp3) is 0.733. The summed E-state index contributed by atoms with van der Waals surface area (Å²) in [5.41, 5.74) is -0.290. The second-order valence-electron chi connectivity index (χ2n) is 5.38. The molecule has 1 aliphatic rings. The first kappa shape index (κ1) is 17.3. The lowest BCUT2D eigenvalue weighted by molar-refractivity contribution is -0.0377. The largest absolute Gasteiger partial charge is 0.375 e. The topological polar surface area (TPSA) is 56.6 Å². The van der Waals surface area contributed by atoms with Crippen molar-refractivity contribution in [3.8, 4) is 0 Å². The van der Waals surface area contributed by atoms with Crippen molar-refractivity contribution in [2.24, 2.45) is 0 Å². The molecule has 0 aromatic carbocycles. The first-order chi connectivity index (χ1) is 10.5. The highest BCUT2D eigenvalue weighted by Gasteiger charge is 2.28. The fourth-order valence-electron chi connectivity index (χ4n) is 2.29. The maximum atomic E-state index is 12.2. The summed E-state index contributed by atoms with van der Waals surface area (Å²) in [7, 11) is 0. The van der Waals surface area contributed by atoms with Crippen LogP contribution >= 0.6 is 11.8 Å². The van der Waals surface area contributed by atoms with E-state index in [-0.39, 0.29) is 23.5 Å². The van der Waals surface area contributed by atoms with Crippen molar-refractivity contribution in [2.45, 2.75) is 45.5 Å². The van der Waals surface area contributed by atoms with Crippen molar-refractivity contribution in [3.05, 3.63) is 22.7 Å². The molecule has 1 aromatic rings. The highest BCUT2D eigenvalue weighted by atomic mass is 32.2. The average molecular weight is 327 g/mol. The zero-order valence-electron chi connectivity index (χ0n) is 13.7. The molecule has 1 aromatic heterocycles. The van der Waals surface area contributed by atoms with Gasteiger partial charge in [-0.05, 0) is 33.8 Å². The SMILES string of the molecule is CCN(CC)c1ccn([C@H]2CS[C@@H](COC(C)C)O2)c(=O)n1. The van der Waals surface area contributed by atoms with Crippen LogP contribution in [-0.2, 0) is 9.47 Å². The summed E-state index contributed by atoms with van der Waals surface area (Å²) in [6, 6.07) is 1.88. The lowest BCUT2D eigenvalue weighted by Crippen LogP contribution is -2.32. The van der Waals surface area contributed by atoms with E-state index < -0.39 is 0 Å². The molecule has 1 fully saturated rings. The molecule has 0 aliphatic carbocycles. The molecule has 0 N–H and O–H groups in total. The molecule has 1 aliphatic heterocycles. The lowest BCUT2D eigenvalue weighted by Gasteiger charge is -2.21. The Labute approximate surface area is 135 Å². The number of anilines is 1. The maximum Gasteiger partial charge on any atom is 0.351 e. The third kappa shape index (κ3) is 4.24. The summed E-state index contributed by atoms with van der Waals surface area (Å²) < 4.78 is 13.0. The van der Waals surface area contributed by atoms with Crippen LogP contribution in [-0.4, -0.2) is 46.5 Å². The van der Waals surface area contributed by atoms with E-state index in [4.69, 9.17) is 9.47 Å². The fourth-order valence-corrected chi connectivity index (χ4v) is 3.29. The van der Waals surface area contributed by atoms with Crippen LogP contribution in [0.2, 0.25) is 0 Å². The van der Waals surface area contributed by atoms with Gasteiger partial charge in [0.05, 0.1) is 12.7 Å². The second-order valence-corrected chi connectivity index (χ2v) is 6.58. The highest BCUT2D eigenvalue weighted by molar-refractivity contribution is 8.00. The predicted octanol–water partition coefficient (Wildman–Crippen LogP) is 2.10. The molecular formula is C15H25N3O3S. The molecule has 0 amide bonds. The summed E-state index contributed by atoms with van der Waals surface area (Å²) in [6.07, 6.45) is 1.69. The van der Waals surface area contributed by atoms with Gasteiger partial charge in [0.1, 0.15) is 17.5 Å². The molecule has 0 unspecified atom stereocenters. The van der Waals surface area contributed by atoms with Gasteiger partial charge in [-0.3, -0.25) is 4.57 Å². The third-order valence-corrected chi connectivity index (χ3v) is 4.61. The molecule has 2 heterocycles. The molecule has 0 saturated carbocycles. The van der Waals surface area contributed by atoms with Crippen LogP contribution < -0.4 is 10.6 Å². The van der Waals surface area contributed by atoms with E-state index in [1.54, 1.807) is 22.5 Å². The summed E-state index contributed by atoms with van der Waals surface area (Å²) in [4.78, 5) is 18.5. The summed E-state index contributed by atoms with van der Waals surface area (Å²) in [5, 5.41) is 0. The van der Waals surface area contributed by atoms with Crippen LogP contribution in [0.5, 0.6) is 0 Å². The van der Waals surface area contributed by atoms with E-state index in [1.807, 2.05) is 33.8 Å². The quantitative estimate of drug-likeness (QED) is 0.764. The van der Waals surface area contributed by atoms with E-state index in [9.17, 15) is 4.79 Å². The van der Waals surface area contributed by atoms with Crippen LogP contribution in [0.25, 0.3) is 0 Å². The van der Waals surface area contributed by atoms with E-state index in [2.05, 4.69) is 9.88 Å². The van der Waals surface area contributed by atoms with Crippen molar-refractivity contribution >= 4 is 17.6 Å². The minimum Gasteiger partial charge on any atom is -0.375 e. The van der Waals surface area contributed by atoms with Gasteiger partial charge in [0.15, 0.2) is 0 Å². The lowest BCUT2D eigenvalue weighted by atomic mass is 10.4. The van der Waals surface area contributed by atoms with Gasteiger partial charge < -0.3 is 14.4 Å². The summed E-state index contributed by atoms with van der Waals surface area (Å²) in [6.45, 7) is 10.3. The van der Waals surface area contributed by atoms with Crippen LogP contribution in [0.3, 0.4) is 0 Å². The first-order valence-electron chi connectivity index (χ1n) is 7.77. The molecule has 1 saturated heterocycles. The Kier molecular flexibility index (Phi) is 6.28. The van der Waals surface area contributed by atoms with Crippen LogP contribution in [0.1, 0.15) is 33.9 Å². The highest BCUT2D eigenvalue weighted by Crippen LogP contribution is 2.31. The Balaban J connectivity index is 2.03. The molecule has 2 rings (SSSR count). The number of thioether (sulfide) groups is 1. The molecular weight excluding hydrogens is 302 g/mol. The Bertz CT molecular complexity index is 531. The van der Waals surface area contributed by atoms with Gasteiger partial charge in [-0.2, -0.15) is 4.98 Å². The van der Waals surface area contributed by atoms with Gasteiger partial charge in [0, 0.05) is 25.0 Å². The van der Waals surface area contributed by atoms with Gasteiger partial charge in [0.25, 0.3) is 0 Å². The smallest absolute Gasteiger partial charge is 0.351 e. The summed E-state index contributed by atoms with van der Waals surface area (Å²) >= 11 is 1.67. The standard InChI is InChI=1S/C15H25N3O3S/c1-5-17(6-2)12-7-8-18(15(19)16-12)13-10-22-14(21-13)9-20-11(3)4/h7-8,11,13-14H,5-6,9-10H2,1-4H3/t13-,14+/m1/s1. The maximum absolute atomic E-state index is 12.2. The number of hydrogen-bond acceptors (Lipinski definition) is 6. The van der Waals surface area contributed by atoms with Crippen molar-refractivity contribution in [1.29, 1.82) is 0 Å². The molecule has 0 radical (unpaired) electrons. The van der Waals surface area contributed by atoms with Crippen molar-refractivity contribution in [3.63, 3.8) is 0 Å². The van der Waals surface area contributed by atoms with Gasteiger partial charge in [-0.1, -0.05) is 0 Å². The number of ether oxygens (including phenoxy) is 2. The Morgan fingerprint density at radius 2 is 2.23 bits per heavy atom. The van der Waals surface area contributed by atoms with Crippen LogP contribution in [0.15, 0.2) is 17.1 Å². The molecule has 2 atom stereocenters. The Morgan fingerprint density at radius 1 is 1.50 bits per heavy atom. The zero-order valence-corrected chi connectivity index (χ0v) is 14.5. The van der Waals surface area contributed by atoms with E-state index in [0.717, 1.165) is 24.7 Å². The number of nitrogens with zero attached hydrogens (tertiary/aromatic N) is 3.